The van der Waals surface area contributed by atoms with E-state index in [9.17, 15) is 9.18 Å². The summed E-state index contributed by atoms with van der Waals surface area (Å²) in [5.74, 6) is -0.450. The van der Waals surface area contributed by atoms with Gasteiger partial charge in [0, 0.05) is 18.8 Å². The van der Waals surface area contributed by atoms with E-state index in [1.165, 1.54) is 12.1 Å². The molecule has 0 radical (unpaired) electrons. The Morgan fingerprint density at radius 3 is 2.56 bits per heavy atom. The van der Waals surface area contributed by atoms with E-state index in [1.54, 1.807) is 11.0 Å². The molecule has 5 heteroatoms. The highest BCUT2D eigenvalue weighted by Gasteiger charge is 2.13. The van der Waals surface area contributed by atoms with Gasteiger partial charge in [-0.3, -0.25) is 4.79 Å². The molecule has 4 N–H and O–H groups in total. The van der Waals surface area contributed by atoms with Gasteiger partial charge in [-0.15, -0.1) is 0 Å². The van der Waals surface area contributed by atoms with E-state index >= 15 is 0 Å². The lowest BCUT2D eigenvalue weighted by atomic mass is 10.1. The molecule has 1 aromatic rings. The number of nitrogens with zero attached hydrogens (tertiary/aromatic N) is 1. The van der Waals surface area contributed by atoms with E-state index in [1.807, 2.05) is 13.8 Å². The molecule has 4 nitrogen and oxygen atoms in total. The van der Waals surface area contributed by atoms with E-state index in [-0.39, 0.29) is 18.9 Å². The van der Waals surface area contributed by atoms with Crippen LogP contribution in [0, 0.1) is 11.7 Å². The van der Waals surface area contributed by atoms with E-state index in [0.29, 0.717) is 23.7 Å². The highest BCUT2D eigenvalue weighted by molar-refractivity contribution is 5.79. The Bertz CT molecular complexity index is 421. The monoisotopic (exact) mass is 253 g/mol. The van der Waals surface area contributed by atoms with Crippen molar-refractivity contribution >= 4 is 11.6 Å². The van der Waals surface area contributed by atoms with E-state index in [2.05, 4.69) is 0 Å². The van der Waals surface area contributed by atoms with Gasteiger partial charge in [0.1, 0.15) is 5.82 Å². The van der Waals surface area contributed by atoms with Crippen molar-refractivity contribution in [2.24, 2.45) is 17.4 Å². The predicted octanol–water partition coefficient (Wildman–Crippen LogP) is 1.23. The standard InChI is InChI=1S/C13H20FN3O/c1-9(2)7-17(8-13(16)18)12-4-10(6-15)3-11(14)5-12/h3-5,9H,6-8,15H2,1-2H3,(H2,16,18). The summed E-state index contributed by atoms with van der Waals surface area (Å²) in [5.41, 5.74) is 12.1. The number of hydrogen-bond acceptors (Lipinski definition) is 3. The number of anilines is 1. The van der Waals surface area contributed by atoms with Gasteiger partial charge in [-0.25, -0.2) is 4.39 Å². The summed E-state index contributed by atoms with van der Waals surface area (Å²) in [7, 11) is 0. The lowest BCUT2D eigenvalue weighted by Crippen LogP contribution is -2.36. The SMILES string of the molecule is CC(C)CN(CC(N)=O)c1cc(F)cc(CN)c1. The molecule has 0 aliphatic rings. The van der Waals surface area contributed by atoms with Gasteiger partial charge in [0.25, 0.3) is 0 Å². The lowest BCUT2D eigenvalue weighted by Gasteiger charge is -2.25. The molecular weight excluding hydrogens is 233 g/mol. The van der Waals surface area contributed by atoms with Crippen molar-refractivity contribution in [2.75, 3.05) is 18.0 Å². The van der Waals surface area contributed by atoms with Gasteiger partial charge in [0.05, 0.1) is 6.54 Å². The maximum Gasteiger partial charge on any atom is 0.236 e. The second kappa shape index (κ2) is 6.35. The zero-order valence-electron chi connectivity index (χ0n) is 10.8. The van der Waals surface area contributed by atoms with Crippen LogP contribution in [-0.4, -0.2) is 19.0 Å². The first-order chi connectivity index (χ1) is 8.42. The van der Waals surface area contributed by atoms with Crippen molar-refractivity contribution in [3.63, 3.8) is 0 Å². The fourth-order valence-electron chi connectivity index (χ4n) is 1.82. The molecule has 1 amide bonds. The number of primary amides is 1. The molecule has 0 saturated carbocycles. The predicted molar refractivity (Wildman–Crippen MR) is 70.5 cm³/mol. The third kappa shape index (κ3) is 4.33. The van der Waals surface area contributed by atoms with E-state index in [0.717, 1.165) is 0 Å². The third-order valence-electron chi connectivity index (χ3n) is 2.48. The maximum atomic E-state index is 13.5. The zero-order valence-corrected chi connectivity index (χ0v) is 10.8. The minimum atomic E-state index is -0.436. The largest absolute Gasteiger partial charge is 0.368 e. The van der Waals surface area contributed by atoms with Gasteiger partial charge in [0.2, 0.25) is 5.91 Å². The van der Waals surface area contributed by atoms with Crippen molar-refractivity contribution in [3.05, 3.63) is 29.6 Å². The molecule has 0 saturated heterocycles. The van der Waals surface area contributed by atoms with Crippen LogP contribution in [-0.2, 0) is 11.3 Å². The number of halogens is 1. The maximum absolute atomic E-state index is 13.5. The Morgan fingerprint density at radius 2 is 2.06 bits per heavy atom. The molecule has 0 heterocycles. The second-order valence-electron chi connectivity index (χ2n) is 4.76. The van der Waals surface area contributed by atoms with Crippen LogP contribution in [0.3, 0.4) is 0 Å². The molecule has 1 aromatic carbocycles. The zero-order chi connectivity index (χ0) is 13.7. The summed E-state index contributed by atoms with van der Waals surface area (Å²) >= 11 is 0. The Balaban J connectivity index is 3.02. The third-order valence-corrected chi connectivity index (χ3v) is 2.48. The Hall–Kier alpha value is -1.62. The van der Waals surface area contributed by atoms with Crippen LogP contribution in [0.25, 0.3) is 0 Å². The summed E-state index contributed by atoms with van der Waals surface area (Å²) < 4.78 is 13.5. The van der Waals surface area contributed by atoms with Crippen molar-refractivity contribution < 1.29 is 9.18 Å². The minimum Gasteiger partial charge on any atom is -0.368 e. The van der Waals surface area contributed by atoms with Gasteiger partial charge in [0.15, 0.2) is 0 Å². The fourth-order valence-corrected chi connectivity index (χ4v) is 1.82. The number of nitrogens with two attached hydrogens (primary N) is 2. The van der Waals surface area contributed by atoms with Crippen LogP contribution in [0.1, 0.15) is 19.4 Å². The van der Waals surface area contributed by atoms with Crippen LogP contribution in [0.15, 0.2) is 18.2 Å². The van der Waals surface area contributed by atoms with Gasteiger partial charge in [-0.1, -0.05) is 13.8 Å². The van der Waals surface area contributed by atoms with Crippen LogP contribution < -0.4 is 16.4 Å². The highest BCUT2D eigenvalue weighted by atomic mass is 19.1. The van der Waals surface area contributed by atoms with Gasteiger partial charge >= 0.3 is 0 Å². The second-order valence-corrected chi connectivity index (χ2v) is 4.76. The first-order valence-corrected chi connectivity index (χ1v) is 5.95. The van der Waals surface area contributed by atoms with Gasteiger partial charge < -0.3 is 16.4 Å². The Labute approximate surface area is 107 Å². The number of carbonyl (C=O) groups excluding carboxylic acids is 1. The Morgan fingerprint density at radius 1 is 1.39 bits per heavy atom. The summed E-state index contributed by atoms with van der Waals surface area (Å²) in [4.78, 5) is 12.8. The van der Waals surface area contributed by atoms with Crippen LogP contribution in [0.2, 0.25) is 0 Å². The summed E-state index contributed by atoms with van der Waals surface area (Å²) in [6.45, 7) is 5.02. The number of amides is 1. The van der Waals surface area contributed by atoms with Crippen molar-refractivity contribution in [2.45, 2.75) is 20.4 Å². The van der Waals surface area contributed by atoms with E-state index in [4.69, 9.17) is 11.5 Å². The average molecular weight is 253 g/mol. The molecule has 0 atom stereocenters. The molecular formula is C13H20FN3O. The first kappa shape index (κ1) is 14.4. The molecule has 0 aliphatic carbocycles. The van der Waals surface area contributed by atoms with Crippen LogP contribution in [0.4, 0.5) is 10.1 Å². The number of carbonyl (C=O) groups is 1. The molecule has 0 bridgehead atoms. The van der Waals surface area contributed by atoms with Crippen LogP contribution in [0.5, 0.6) is 0 Å². The summed E-state index contributed by atoms with van der Waals surface area (Å²) in [6.07, 6.45) is 0. The van der Waals surface area contributed by atoms with Crippen molar-refractivity contribution in [3.8, 4) is 0 Å². The summed E-state index contributed by atoms with van der Waals surface area (Å²) in [6, 6.07) is 4.57. The molecule has 100 valence electrons. The number of hydrogen-bond donors (Lipinski definition) is 2. The molecule has 0 aromatic heterocycles. The first-order valence-electron chi connectivity index (χ1n) is 5.95. The lowest BCUT2D eigenvalue weighted by molar-refractivity contribution is -0.116. The van der Waals surface area contributed by atoms with Crippen molar-refractivity contribution in [1.82, 2.24) is 0 Å². The minimum absolute atomic E-state index is 0.0750. The van der Waals surface area contributed by atoms with Crippen molar-refractivity contribution in [1.29, 1.82) is 0 Å². The molecule has 1 rings (SSSR count). The summed E-state index contributed by atoms with van der Waals surface area (Å²) in [5, 5.41) is 0. The smallest absolute Gasteiger partial charge is 0.236 e. The molecule has 0 unspecified atom stereocenters. The average Bonchev–Trinajstić information content (AvgIpc) is 2.26. The number of rotatable bonds is 6. The van der Waals surface area contributed by atoms with Gasteiger partial charge in [-0.2, -0.15) is 0 Å². The Kier molecular flexibility index (Phi) is 5.09. The number of benzene rings is 1. The van der Waals surface area contributed by atoms with E-state index < -0.39 is 5.91 Å². The molecule has 0 aliphatic heterocycles. The highest BCUT2D eigenvalue weighted by Crippen LogP contribution is 2.19. The quantitative estimate of drug-likeness (QED) is 0.801. The van der Waals surface area contributed by atoms with Crippen LogP contribution >= 0.6 is 0 Å². The molecule has 18 heavy (non-hydrogen) atoms. The molecule has 0 spiro atoms. The van der Waals surface area contributed by atoms with Gasteiger partial charge in [-0.05, 0) is 29.7 Å². The topological polar surface area (TPSA) is 72.3 Å². The normalized spacial score (nSPS) is 10.7. The molecule has 0 fully saturated rings. The fraction of sp³-hybridized carbons (Fsp3) is 0.462.